The fraction of sp³-hybridized carbons (Fsp3) is 0.474. The largest absolute Gasteiger partial charge is 0.417 e. The number of benzene rings is 1. The number of piperidine rings is 1. The second-order valence-corrected chi connectivity index (χ2v) is 6.69. The van der Waals surface area contributed by atoms with Gasteiger partial charge in [-0.2, -0.15) is 13.2 Å². The fourth-order valence-electron chi connectivity index (χ4n) is 3.55. The lowest BCUT2D eigenvalue weighted by molar-refractivity contribution is -0.136. The number of halogens is 3. The molecule has 1 saturated heterocycles. The van der Waals surface area contributed by atoms with E-state index in [9.17, 15) is 18.0 Å². The van der Waals surface area contributed by atoms with Crippen molar-refractivity contribution in [1.82, 2.24) is 15.2 Å². The summed E-state index contributed by atoms with van der Waals surface area (Å²) in [6.07, 6.45) is -0.894. The summed E-state index contributed by atoms with van der Waals surface area (Å²) in [5.41, 5.74) is -1.00. The molecular formula is C19H22F3N3O. The molecule has 1 aromatic heterocycles. The molecule has 1 aromatic carbocycles. The lowest BCUT2D eigenvalue weighted by Crippen LogP contribution is -2.39. The molecule has 4 nitrogen and oxygen atoms in total. The smallest absolute Gasteiger partial charge is 0.339 e. The van der Waals surface area contributed by atoms with Gasteiger partial charge in [0.05, 0.1) is 16.6 Å². The van der Waals surface area contributed by atoms with E-state index in [2.05, 4.69) is 10.3 Å². The molecular weight excluding hydrogens is 343 g/mol. The first kappa shape index (κ1) is 18.6. The van der Waals surface area contributed by atoms with Gasteiger partial charge in [-0.25, -0.2) is 0 Å². The number of hydrogen-bond donors (Lipinski definition) is 1. The van der Waals surface area contributed by atoms with Crippen LogP contribution in [0.1, 0.15) is 35.2 Å². The van der Waals surface area contributed by atoms with E-state index in [4.69, 9.17) is 0 Å². The van der Waals surface area contributed by atoms with Crippen molar-refractivity contribution in [2.45, 2.75) is 25.4 Å². The number of amides is 1. The highest BCUT2D eigenvalue weighted by atomic mass is 19.4. The van der Waals surface area contributed by atoms with Gasteiger partial charge >= 0.3 is 6.18 Å². The summed E-state index contributed by atoms with van der Waals surface area (Å²) in [4.78, 5) is 18.4. The van der Waals surface area contributed by atoms with Crippen LogP contribution in [0.15, 0.2) is 30.5 Å². The zero-order valence-corrected chi connectivity index (χ0v) is 14.6. The maximum atomic E-state index is 13.7. The Morgan fingerprint density at radius 3 is 2.62 bits per heavy atom. The van der Waals surface area contributed by atoms with E-state index in [-0.39, 0.29) is 16.5 Å². The topological polar surface area (TPSA) is 45.2 Å². The fourth-order valence-corrected chi connectivity index (χ4v) is 3.55. The number of carbonyl (C=O) groups is 1. The predicted octanol–water partition coefficient (Wildman–Crippen LogP) is 3.72. The monoisotopic (exact) mass is 365 g/mol. The molecule has 1 N–H and O–H groups in total. The van der Waals surface area contributed by atoms with Crippen molar-refractivity contribution in [3.63, 3.8) is 0 Å². The molecule has 140 valence electrons. The van der Waals surface area contributed by atoms with Crippen LogP contribution in [0.5, 0.6) is 0 Å². The molecule has 1 fully saturated rings. The molecule has 26 heavy (non-hydrogen) atoms. The molecule has 0 bridgehead atoms. The van der Waals surface area contributed by atoms with Crippen molar-refractivity contribution in [3.8, 4) is 0 Å². The highest BCUT2D eigenvalue weighted by Gasteiger charge is 2.39. The zero-order valence-electron chi connectivity index (χ0n) is 14.6. The van der Waals surface area contributed by atoms with Crippen LogP contribution in [-0.4, -0.2) is 42.5 Å². The Morgan fingerprint density at radius 2 is 1.96 bits per heavy atom. The van der Waals surface area contributed by atoms with E-state index >= 15 is 0 Å². The molecule has 2 heterocycles. The molecule has 2 aromatic rings. The molecule has 1 aliphatic heterocycles. The zero-order chi connectivity index (χ0) is 18.7. The number of nitrogens with zero attached hydrogens (tertiary/aromatic N) is 2. The molecule has 0 radical (unpaired) electrons. The third-order valence-corrected chi connectivity index (χ3v) is 4.99. The number of nitrogens with one attached hydrogen (secondary N) is 1. The maximum Gasteiger partial charge on any atom is 0.417 e. The molecule has 0 aliphatic carbocycles. The molecule has 0 atom stereocenters. The lowest BCUT2D eigenvalue weighted by atomic mass is 9.92. The van der Waals surface area contributed by atoms with Crippen molar-refractivity contribution in [3.05, 3.63) is 41.6 Å². The van der Waals surface area contributed by atoms with Gasteiger partial charge in [-0.1, -0.05) is 18.2 Å². The van der Waals surface area contributed by atoms with Crippen LogP contribution in [-0.2, 0) is 6.18 Å². The quantitative estimate of drug-likeness (QED) is 0.898. The molecule has 0 unspecified atom stereocenters. The van der Waals surface area contributed by atoms with Gasteiger partial charge in [0.2, 0.25) is 0 Å². The first-order valence-corrected chi connectivity index (χ1v) is 8.80. The van der Waals surface area contributed by atoms with E-state index in [0.29, 0.717) is 19.0 Å². The Bertz CT molecular complexity index is 783. The summed E-state index contributed by atoms with van der Waals surface area (Å²) in [6.45, 7) is 1.88. The number of likely N-dealkylation sites (tertiary alicyclic amines) is 1. The Morgan fingerprint density at radius 1 is 1.27 bits per heavy atom. The SMILES string of the molecule is CNCCC1CCN(C(=O)c2cnc3ccccc3c2C(F)(F)F)CC1. The van der Waals surface area contributed by atoms with Gasteiger partial charge in [-0.3, -0.25) is 9.78 Å². The summed E-state index contributed by atoms with van der Waals surface area (Å²) in [5.74, 6) is -0.0778. The first-order valence-electron chi connectivity index (χ1n) is 8.80. The lowest BCUT2D eigenvalue weighted by Gasteiger charge is -2.32. The van der Waals surface area contributed by atoms with Gasteiger partial charge in [0.15, 0.2) is 0 Å². The summed E-state index contributed by atoms with van der Waals surface area (Å²) in [7, 11) is 1.89. The summed E-state index contributed by atoms with van der Waals surface area (Å²) < 4.78 is 41.1. The number of carbonyl (C=O) groups excluding carboxylic acids is 1. The average Bonchev–Trinajstić information content (AvgIpc) is 2.64. The second-order valence-electron chi connectivity index (χ2n) is 6.69. The van der Waals surface area contributed by atoms with Crippen molar-refractivity contribution < 1.29 is 18.0 Å². The number of para-hydroxylation sites is 1. The second kappa shape index (κ2) is 7.61. The number of alkyl halides is 3. The van der Waals surface area contributed by atoms with E-state index in [1.807, 2.05) is 7.05 Å². The number of hydrogen-bond acceptors (Lipinski definition) is 3. The number of rotatable bonds is 4. The molecule has 0 spiro atoms. The number of aromatic nitrogens is 1. The van der Waals surface area contributed by atoms with Crippen LogP contribution < -0.4 is 5.32 Å². The van der Waals surface area contributed by atoms with Gasteiger partial charge in [0, 0.05) is 24.7 Å². The molecule has 7 heteroatoms. The first-order chi connectivity index (χ1) is 12.4. The molecule has 0 saturated carbocycles. The molecule has 1 aliphatic rings. The van der Waals surface area contributed by atoms with Gasteiger partial charge in [0.25, 0.3) is 5.91 Å². The maximum absolute atomic E-state index is 13.7. The van der Waals surface area contributed by atoms with Crippen molar-refractivity contribution >= 4 is 16.8 Å². The van der Waals surface area contributed by atoms with E-state index in [1.54, 1.807) is 6.07 Å². The van der Waals surface area contributed by atoms with E-state index in [1.165, 1.54) is 23.1 Å². The summed E-state index contributed by atoms with van der Waals surface area (Å²) in [5, 5.41) is 3.07. The van der Waals surface area contributed by atoms with Crippen LogP contribution in [0.4, 0.5) is 13.2 Å². The predicted molar refractivity (Wildman–Crippen MR) is 93.9 cm³/mol. The van der Waals surface area contributed by atoms with Crippen molar-refractivity contribution in [2.24, 2.45) is 5.92 Å². The van der Waals surface area contributed by atoms with Crippen LogP contribution >= 0.6 is 0 Å². The Hall–Kier alpha value is -2.15. The van der Waals surface area contributed by atoms with E-state index in [0.717, 1.165) is 32.0 Å². The highest BCUT2D eigenvalue weighted by molar-refractivity contribution is 6.00. The Labute approximate surface area is 150 Å². The van der Waals surface area contributed by atoms with Gasteiger partial charge in [-0.15, -0.1) is 0 Å². The van der Waals surface area contributed by atoms with Crippen molar-refractivity contribution in [2.75, 3.05) is 26.7 Å². The van der Waals surface area contributed by atoms with E-state index < -0.39 is 17.6 Å². The minimum atomic E-state index is -4.61. The number of fused-ring (bicyclic) bond motifs is 1. The highest BCUT2D eigenvalue weighted by Crippen LogP contribution is 2.37. The standard InChI is InChI=1S/C19H22F3N3O/c1-23-9-6-13-7-10-25(11-8-13)18(26)15-12-24-16-5-3-2-4-14(16)17(15)19(20,21)22/h2-5,12-13,23H,6-11H2,1H3. The van der Waals surface area contributed by atoms with Crippen molar-refractivity contribution in [1.29, 1.82) is 0 Å². The van der Waals surface area contributed by atoms with Gasteiger partial charge in [-0.05, 0) is 44.8 Å². The third-order valence-electron chi connectivity index (χ3n) is 4.99. The van der Waals surface area contributed by atoms with Crippen LogP contribution in [0.3, 0.4) is 0 Å². The Balaban J connectivity index is 1.87. The normalized spacial score (nSPS) is 16.2. The summed E-state index contributed by atoms with van der Waals surface area (Å²) >= 11 is 0. The minimum absolute atomic E-state index is 0.0326. The van der Waals surface area contributed by atoms with Crippen LogP contribution in [0.25, 0.3) is 10.9 Å². The Kier molecular flexibility index (Phi) is 5.46. The van der Waals surface area contributed by atoms with Crippen LogP contribution in [0, 0.1) is 5.92 Å². The number of pyridine rings is 1. The third kappa shape index (κ3) is 3.82. The minimum Gasteiger partial charge on any atom is -0.339 e. The van der Waals surface area contributed by atoms with Crippen LogP contribution in [0.2, 0.25) is 0 Å². The van der Waals surface area contributed by atoms with Gasteiger partial charge < -0.3 is 10.2 Å². The average molecular weight is 365 g/mol. The molecule has 3 rings (SSSR count). The van der Waals surface area contributed by atoms with Gasteiger partial charge in [0.1, 0.15) is 0 Å². The molecule has 1 amide bonds. The summed E-state index contributed by atoms with van der Waals surface area (Å²) in [6, 6.07) is 6.05.